The van der Waals surface area contributed by atoms with E-state index in [0.29, 0.717) is 0 Å². The van der Waals surface area contributed by atoms with Crippen LogP contribution in [0.15, 0.2) is 24.3 Å². The lowest BCUT2D eigenvalue weighted by molar-refractivity contribution is -0.991. The first-order chi connectivity index (χ1) is 9.62. The van der Waals surface area contributed by atoms with Gasteiger partial charge in [0.2, 0.25) is 0 Å². The van der Waals surface area contributed by atoms with Crippen LogP contribution in [0.2, 0.25) is 0 Å². The number of halogens is 1. The molecule has 0 radical (unpaired) electrons. The topological polar surface area (TPSA) is 52.9 Å². The van der Waals surface area contributed by atoms with Crippen LogP contribution in [-0.2, 0) is 6.54 Å². The third-order valence-electron chi connectivity index (χ3n) is 4.37. The van der Waals surface area contributed by atoms with Crippen LogP contribution in [0.4, 0.5) is 5.69 Å². The molecule has 0 atom stereocenters. The molecule has 4 fully saturated rings. The van der Waals surface area contributed by atoms with Crippen LogP contribution in [0, 0.1) is 10.1 Å². The molecular weight excluding hydrogens is 338 g/mol. The number of rotatable bonds is 3. The Labute approximate surface area is 133 Å². The molecule has 4 bridgehead atoms. The monoisotopic (exact) mass is 355 g/mol. The lowest BCUT2D eigenvalue weighted by Gasteiger charge is -2.60. The Morgan fingerprint density at radius 2 is 1.48 bits per heavy atom. The molecule has 4 aliphatic rings. The Morgan fingerprint density at radius 1 is 1.00 bits per heavy atom. The molecular formula is C13H18BrN5O2. The molecule has 1 aromatic carbocycles. The smallest absolute Gasteiger partial charge is 0.269 e. The van der Waals surface area contributed by atoms with Crippen molar-refractivity contribution < 1.29 is 26.4 Å². The van der Waals surface area contributed by atoms with Crippen LogP contribution in [0.5, 0.6) is 0 Å². The van der Waals surface area contributed by atoms with Crippen LogP contribution in [0.25, 0.3) is 0 Å². The number of nitro groups is 1. The SMILES string of the molecule is O=[N+]([O-])c1ccc(C[N+]23CN4CN(CN(C4)C2)C3)cc1.[Br-]. The fourth-order valence-corrected chi connectivity index (χ4v) is 3.92. The number of quaternary nitrogens is 1. The van der Waals surface area contributed by atoms with Gasteiger partial charge in [-0.15, -0.1) is 0 Å². The molecule has 4 saturated heterocycles. The third kappa shape index (κ3) is 2.69. The molecule has 7 nitrogen and oxygen atoms in total. The average molecular weight is 356 g/mol. The second-order valence-corrected chi connectivity index (χ2v) is 6.28. The van der Waals surface area contributed by atoms with Gasteiger partial charge in [0, 0.05) is 17.7 Å². The first-order valence-corrected chi connectivity index (χ1v) is 6.87. The largest absolute Gasteiger partial charge is 1.00 e. The number of nitrogens with zero attached hydrogens (tertiary/aromatic N) is 5. The zero-order valence-corrected chi connectivity index (χ0v) is 13.3. The van der Waals surface area contributed by atoms with Crippen LogP contribution >= 0.6 is 0 Å². The highest BCUT2D eigenvalue weighted by Gasteiger charge is 2.48. The second kappa shape index (κ2) is 5.29. The molecule has 0 saturated carbocycles. The van der Waals surface area contributed by atoms with Gasteiger partial charge in [-0.25, -0.2) is 14.7 Å². The second-order valence-electron chi connectivity index (χ2n) is 6.28. The predicted molar refractivity (Wildman–Crippen MR) is 71.8 cm³/mol. The van der Waals surface area contributed by atoms with Gasteiger partial charge in [-0.3, -0.25) is 14.6 Å². The third-order valence-corrected chi connectivity index (χ3v) is 4.37. The molecule has 4 aliphatic heterocycles. The molecule has 0 amide bonds. The van der Waals surface area contributed by atoms with E-state index < -0.39 is 0 Å². The Hall–Kier alpha value is -1.06. The number of non-ortho nitro benzene ring substituents is 1. The van der Waals surface area contributed by atoms with Crippen molar-refractivity contribution in [3.8, 4) is 0 Å². The molecule has 0 unspecified atom stereocenters. The van der Waals surface area contributed by atoms with Crippen molar-refractivity contribution in [3.63, 3.8) is 0 Å². The first-order valence-electron chi connectivity index (χ1n) is 6.87. The number of hydrogen-bond donors (Lipinski definition) is 0. The zero-order valence-electron chi connectivity index (χ0n) is 11.7. The van der Waals surface area contributed by atoms with E-state index in [-0.39, 0.29) is 27.6 Å². The maximum absolute atomic E-state index is 10.7. The summed E-state index contributed by atoms with van der Waals surface area (Å²) in [5.41, 5.74) is 1.35. The van der Waals surface area contributed by atoms with E-state index in [1.54, 1.807) is 12.1 Å². The molecule has 0 aromatic heterocycles. The Morgan fingerprint density at radius 3 is 1.90 bits per heavy atom. The van der Waals surface area contributed by atoms with Gasteiger partial charge in [0.25, 0.3) is 5.69 Å². The van der Waals surface area contributed by atoms with Crippen molar-refractivity contribution in [2.24, 2.45) is 0 Å². The molecule has 4 heterocycles. The van der Waals surface area contributed by atoms with Crippen molar-refractivity contribution in [3.05, 3.63) is 39.9 Å². The van der Waals surface area contributed by atoms with E-state index in [4.69, 9.17) is 0 Å². The molecule has 21 heavy (non-hydrogen) atoms. The number of hydrogen-bond acceptors (Lipinski definition) is 5. The Bertz CT molecular complexity index is 515. The van der Waals surface area contributed by atoms with Crippen molar-refractivity contribution in [1.29, 1.82) is 0 Å². The molecule has 0 N–H and O–H groups in total. The zero-order chi connectivity index (χ0) is 13.7. The first kappa shape index (κ1) is 14.9. The fourth-order valence-electron chi connectivity index (χ4n) is 3.92. The number of benzene rings is 1. The maximum atomic E-state index is 10.7. The van der Waals surface area contributed by atoms with E-state index >= 15 is 0 Å². The van der Waals surface area contributed by atoms with E-state index in [1.807, 2.05) is 12.1 Å². The summed E-state index contributed by atoms with van der Waals surface area (Å²) in [4.78, 5) is 17.8. The maximum Gasteiger partial charge on any atom is 0.269 e. The summed E-state index contributed by atoms with van der Waals surface area (Å²) >= 11 is 0. The van der Waals surface area contributed by atoms with Gasteiger partial charge in [0.15, 0.2) is 0 Å². The minimum Gasteiger partial charge on any atom is -1.00 e. The molecule has 1 aromatic rings. The van der Waals surface area contributed by atoms with Gasteiger partial charge >= 0.3 is 0 Å². The van der Waals surface area contributed by atoms with E-state index in [2.05, 4.69) is 14.7 Å². The normalized spacial score (nSPS) is 36.3. The van der Waals surface area contributed by atoms with Crippen molar-refractivity contribution >= 4 is 5.69 Å². The lowest BCUT2D eigenvalue weighted by atomic mass is 10.1. The summed E-state index contributed by atoms with van der Waals surface area (Å²) in [6.45, 7) is 7.45. The molecule has 8 heteroatoms. The summed E-state index contributed by atoms with van der Waals surface area (Å²) in [5, 5.41) is 10.7. The minimum atomic E-state index is -0.341. The van der Waals surface area contributed by atoms with Crippen LogP contribution < -0.4 is 17.0 Å². The summed E-state index contributed by atoms with van der Waals surface area (Å²) in [6.07, 6.45) is 0. The summed E-state index contributed by atoms with van der Waals surface area (Å²) in [6, 6.07) is 7.02. The quantitative estimate of drug-likeness (QED) is 0.344. The highest BCUT2D eigenvalue weighted by atomic mass is 79.9. The molecule has 114 valence electrons. The summed E-state index contributed by atoms with van der Waals surface area (Å²) in [5.74, 6) is 0. The molecule has 5 rings (SSSR count). The van der Waals surface area contributed by atoms with Crippen molar-refractivity contribution in [2.75, 3.05) is 40.0 Å². The Balaban J connectivity index is 0.00000132. The summed E-state index contributed by atoms with van der Waals surface area (Å²) < 4.78 is 1.03. The molecule has 0 aliphatic carbocycles. The van der Waals surface area contributed by atoms with E-state index in [0.717, 1.165) is 51.0 Å². The van der Waals surface area contributed by atoms with Crippen LogP contribution in [-0.4, -0.2) is 64.1 Å². The lowest BCUT2D eigenvalue weighted by Crippen LogP contribution is -3.00. The minimum absolute atomic E-state index is 0. The predicted octanol–water partition coefficient (Wildman–Crippen LogP) is -2.39. The highest BCUT2D eigenvalue weighted by Crippen LogP contribution is 2.30. The summed E-state index contributed by atoms with van der Waals surface area (Å²) in [7, 11) is 0. The average Bonchev–Trinajstić information content (AvgIpc) is 2.37. The van der Waals surface area contributed by atoms with Gasteiger partial charge in [-0.2, -0.15) is 0 Å². The highest BCUT2D eigenvalue weighted by molar-refractivity contribution is 5.32. The Kier molecular flexibility index (Phi) is 3.74. The number of nitro benzene ring substituents is 1. The van der Waals surface area contributed by atoms with Crippen LogP contribution in [0.1, 0.15) is 5.56 Å². The van der Waals surface area contributed by atoms with Gasteiger partial charge < -0.3 is 17.0 Å². The van der Waals surface area contributed by atoms with Gasteiger partial charge in [0.05, 0.1) is 24.9 Å². The van der Waals surface area contributed by atoms with Crippen molar-refractivity contribution in [1.82, 2.24) is 14.7 Å². The van der Waals surface area contributed by atoms with E-state index in [1.165, 1.54) is 5.56 Å². The standard InChI is InChI=1S/C13H18N5O2.BrH/c19-17(20)13-3-1-12(2-4-13)5-18-9-14-6-15(10-18)8-16(7-14)11-18;/h1-4H,5-11H2;1H/q+1;/p-1. The van der Waals surface area contributed by atoms with Crippen LogP contribution in [0.3, 0.4) is 0 Å². The fraction of sp³-hybridized carbons (Fsp3) is 0.538. The molecule has 0 spiro atoms. The van der Waals surface area contributed by atoms with Gasteiger partial charge in [-0.1, -0.05) is 0 Å². The van der Waals surface area contributed by atoms with Gasteiger partial charge in [-0.05, 0) is 12.1 Å². The van der Waals surface area contributed by atoms with Crippen molar-refractivity contribution in [2.45, 2.75) is 6.54 Å². The van der Waals surface area contributed by atoms with E-state index in [9.17, 15) is 10.1 Å². The van der Waals surface area contributed by atoms with Gasteiger partial charge in [0.1, 0.15) is 26.6 Å².